The van der Waals surface area contributed by atoms with Crippen LogP contribution in [0.15, 0.2) is 64.2 Å². The van der Waals surface area contributed by atoms with Gasteiger partial charge in [-0.3, -0.25) is 9.79 Å². The Morgan fingerprint density at radius 1 is 1.06 bits per heavy atom. The van der Waals surface area contributed by atoms with Gasteiger partial charge in [0.05, 0.1) is 5.69 Å². The van der Waals surface area contributed by atoms with Gasteiger partial charge in [0, 0.05) is 44.7 Å². The van der Waals surface area contributed by atoms with Crippen LogP contribution in [0.1, 0.15) is 27.2 Å². The fourth-order valence-corrected chi connectivity index (χ4v) is 3.12. The molecule has 0 aliphatic carbocycles. The number of aromatic nitrogens is 1. The quantitative estimate of drug-likeness (QED) is 0.386. The Morgan fingerprint density at radius 2 is 1.81 bits per heavy atom. The number of rotatable bonds is 8. The molecule has 3 aromatic rings. The minimum Gasteiger partial charge on any atom is -0.444 e. The molecule has 7 nitrogen and oxygen atoms in total. The molecule has 31 heavy (non-hydrogen) atoms. The van der Waals surface area contributed by atoms with Gasteiger partial charge < -0.3 is 20.4 Å². The highest BCUT2D eigenvalue weighted by Gasteiger charge is 2.07. The zero-order chi connectivity index (χ0) is 22.1. The van der Waals surface area contributed by atoms with E-state index in [2.05, 4.69) is 32.9 Å². The number of oxazole rings is 1. The average molecular weight is 420 g/mol. The van der Waals surface area contributed by atoms with E-state index in [-0.39, 0.29) is 5.91 Å². The maximum atomic E-state index is 11.8. The van der Waals surface area contributed by atoms with Gasteiger partial charge >= 0.3 is 0 Å². The molecule has 0 aliphatic rings. The van der Waals surface area contributed by atoms with Gasteiger partial charge in [-0.2, -0.15) is 0 Å². The van der Waals surface area contributed by atoms with Crippen molar-refractivity contribution in [3.05, 3.63) is 77.2 Å². The molecule has 0 aliphatic heterocycles. The number of amides is 1. The molecule has 0 spiro atoms. The third-order valence-electron chi connectivity index (χ3n) is 4.87. The first-order valence-corrected chi connectivity index (χ1v) is 10.4. The fourth-order valence-electron chi connectivity index (χ4n) is 3.12. The molecular weight excluding hydrogens is 390 g/mol. The number of aryl methyl sites for hydroxylation is 1. The molecule has 162 valence electrons. The van der Waals surface area contributed by atoms with Crippen molar-refractivity contribution in [3.63, 3.8) is 0 Å². The Kier molecular flexibility index (Phi) is 7.81. The number of nitrogens with zero attached hydrogens (tertiary/aromatic N) is 2. The second kappa shape index (κ2) is 11.0. The largest absolute Gasteiger partial charge is 0.444 e. The molecule has 2 aromatic carbocycles. The van der Waals surface area contributed by atoms with Gasteiger partial charge in [-0.05, 0) is 43.2 Å². The highest BCUT2D eigenvalue weighted by Crippen LogP contribution is 2.19. The van der Waals surface area contributed by atoms with Crippen LogP contribution in [-0.4, -0.2) is 44.0 Å². The number of hydrogen-bond acceptors (Lipinski definition) is 4. The van der Waals surface area contributed by atoms with Crippen molar-refractivity contribution >= 4 is 11.9 Å². The zero-order valence-corrected chi connectivity index (χ0v) is 18.2. The molecule has 1 heterocycles. The Bertz CT molecular complexity index is 1020. The van der Waals surface area contributed by atoms with E-state index in [9.17, 15) is 4.79 Å². The van der Waals surface area contributed by atoms with Crippen LogP contribution in [0.25, 0.3) is 11.5 Å². The third kappa shape index (κ3) is 6.44. The van der Waals surface area contributed by atoms with Crippen LogP contribution < -0.4 is 16.0 Å². The van der Waals surface area contributed by atoms with Crippen molar-refractivity contribution in [2.45, 2.75) is 19.8 Å². The van der Waals surface area contributed by atoms with Crippen molar-refractivity contribution in [2.75, 3.05) is 27.2 Å². The molecule has 0 saturated heterocycles. The molecule has 0 bridgehead atoms. The summed E-state index contributed by atoms with van der Waals surface area (Å²) in [5.41, 5.74) is 4.83. The van der Waals surface area contributed by atoms with E-state index in [0.717, 1.165) is 35.6 Å². The van der Waals surface area contributed by atoms with E-state index in [0.29, 0.717) is 24.5 Å². The molecule has 1 amide bonds. The maximum absolute atomic E-state index is 11.8. The summed E-state index contributed by atoms with van der Waals surface area (Å²) in [6.07, 6.45) is 3.21. The van der Waals surface area contributed by atoms with Crippen molar-refractivity contribution in [1.82, 2.24) is 20.9 Å². The van der Waals surface area contributed by atoms with Gasteiger partial charge in [-0.25, -0.2) is 4.98 Å². The topological polar surface area (TPSA) is 91.5 Å². The van der Waals surface area contributed by atoms with E-state index in [1.165, 1.54) is 5.56 Å². The van der Waals surface area contributed by atoms with Gasteiger partial charge in [0.1, 0.15) is 6.26 Å². The lowest BCUT2D eigenvalue weighted by atomic mass is 10.1. The molecule has 0 saturated carbocycles. The van der Waals surface area contributed by atoms with Crippen molar-refractivity contribution < 1.29 is 9.21 Å². The van der Waals surface area contributed by atoms with Crippen LogP contribution in [0.4, 0.5) is 0 Å². The minimum absolute atomic E-state index is 0.0781. The summed E-state index contributed by atoms with van der Waals surface area (Å²) < 4.78 is 5.61. The number of carbonyl (C=O) groups excluding carboxylic acids is 1. The summed E-state index contributed by atoms with van der Waals surface area (Å²) in [6, 6.07) is 15.8. The molecule has 1 aromatic heterocycles. The van der Waals surface area contributed by atoms with Crippen LogP contribution in [0.5, 0.6) is 0 Å². The lowest BCUT2D eigenvalue weighted by molar-refractivity contribution is 0.0963. The Hall–Kier alpha value is -3.61. The summed E-state index contributed by atoms with van der Waals surface area (Å²) in [6.45, 7) is 3.45. The predicted molar refractivity (Wildman–Crippen MR) is 123 cm³/mol. The first-order valence-electron chi connectivity index (χ1n) is 10.4. The van der Waals surface area contributed by atoms with Gasteiger partial charge in [0.25, 0.3) is 5.91 Å². The van der Waals surface area contributed by atoms with E-state index in [1.54, 1.807) is 20.4 Å². The van der Waals surface area contributed by atoms with Crippen molar-refractivity contribution in [1.29, 1.82) is 0 Å². The number of guanidine groups is 1. The Balaban J connectivity index is 1.43. The smallest absolute Gasteiger partial charge is 0.251 e. The van der Waals surface area contributed by atoms with Gasteiger partial charge in [-0.15, -0.1) is 0 Å². The summed E-state index contributed by atoms with van der Waals surface area (Å²) in [5.74, 6) is 1.28. The normalized spacial score (nSPS) is 11.3. The highest BCUT2D eigenvalue weighted by molar-refractivity contribution is 5.94. The summed E-state index contributed by atoms with van der Waals surface area (Å²) in [4.78, 5) is 20.6. The number of hydrogen-bond donors (Lipinski definition) is 3. The third-order valence-corrected chi connectivity index (χ3v) is 4.87. The second-order valence-corrected chi connectivity index (χ2v) is 7.22. The fraction of sp³-hybridized carbons (Fsp3) is 0.292. The molecule has 7 heteroatoms. The standard InChI is InChI=1S/C24H29N5O2/c1-17-7-9-19(10-8-17)23-29-21(16-31-23)12-14-28-24(26-3)27-13-11-18-5-4-6-20(15-18)22(30)25-2/h4-10,15-16H,11-14H2,1-3H3,(H,25,30)(H2,26,27,28). The first-order chi connectivity index (χ1) is 15.1. The molecule has 0 unspecified atom stereocenters. The van der Waals surface area contributed by atoms with E-state index in [1.807, 2.05) is 48.5 Å². The van der Waals surface area contributed by atoms with Crippen LogP contribution in [-0.2, 0) is 12.8 Å². The number of nitrogens with one attached hydrogen (secondary N) is 3. The molecule has 3 N–H and O–H groups in total. The molecule has 3 rings (SSSR count). The van der Waals surface area contributed by atoms with E-state index in [4.69, 9.17) is 4.42 Å². The second-order valence-electron chi connectivity index (χ2n) is 7.22. The zero-order valence-electron chi connectivity index (χ0n) is 18.2. The number of aliphatic imine (C=N–C) groups is 1. The summed E-state index contributed by atoms with van der Waals surface area (Å²) in [5, 5.41) is 9.24. The van der Waals surface area contributed by atoms with Gasteiger partial charge in [0.2, 0.25) is 5.89 Å². The lowest BCUT2D eigenvalue weighted by Gasteiger charge is -2.11. The predicted octanol–water partition coefficient (Wildman–Crippen LogP) is 2.96. The van der Waals surface area contributed by atoms with Crippen LogP contribution in [0.2, 0.25) is 0 Å². The molecular formula is C24H29N5O2. The van der Waals surface area contributed by atoms with Crippen LogP contribution >= 0.6 is 0 Å². The summed E-state index contributed by atoms with van der Waals surface area (Å²) in [7, 11) is 3.38. The Morgan fingerprint density at radius 3 is 2.52 bits per heavy atom. The van der Waals surface area contributed by atoms with Crippen LogP contribution in [0, 0.1) is 6.92 Å². The summed E-state index contributed by atoms with van der Waals surface area (Å²) >= 11 is 0. The van der Waals surface area contributed by atoms with E-state index >= 15 is 0 Å². The SMILES string of the molecule is CN=C(NCCc1cccc(C(=O)NC)c1)NCCc1coc(-c2ccc(C)cc2)n1. The van der Waals surface area contributed by atoms with Gasteiger partial charge in [-0.1, -0.05) is 29.8 Å². The highest BCUT2D eigenvalue weighted by atomic mass is 16.3. The van der Waals surface area contributed by atoms with Crippen LogP contribution in [0.3, 0.4) is 0 Å². The number of benzene rings is 2. The maximum Gasteiger partial charge on any atom is 0.251 e. The monoisotopic (exact) mass is 419 g/mol. The first kappa shape index (κ1) is 22.1. The van der Waals surface area contributed by atoms with E-state index < -0.39 is 0 Å². The molecule has 0 radical (unpaired) electrons. The minimum atomic E-state index is -0.0781. The lowest BCUT2D eigenvalue weighted by Crippen LogP contribution is -2.39. The van der Waals surface area contributed by atoms with Crippen molar-refractivity contribution in [2.24, 2.45) is 4.99 Å². The van der Waals surface area contributed by atoms with Gasteiger partial charge in [0.15, 0.2) is 5.96 Å². The van der Waals surface area contributed by atoms with Crippen molar-refractivity contribution in [3.8, 4) is 11.5 Å². The number of carbonyl (C=O) groups is 1. The Labute approximate surface area is 183 Å². The molecule has 0 fully saturated rings. The molecule has 0 atom stereocenters. The average Bonchev–Trinajstić information content (AvgIpc) is 3.27.